The maximum absolute atomic E-state index is 13.2. The molecule has 0 spiro atoms. The van der Waals surface area contributed by atoms with Crippen molar-refractivity contribution in [3.05, 3.63) is 54.2 Å². The van der Waals surface area contributed by atoms with E-state index in [0.717, 1.165) is 57.1 Å². The third-order valence-electron chi connectivity index (χ3n) is 7.43. The molecule has 3 aromatic rings. The Morgan fingerprint density at radius 3 is 2.51 bits per heavy atom. The smallest absolute Gasteiger partial charge is 0.229 e. The number of benzene rings is 2. The molecule has 5 rings (SSSR count). The number of morpholine rings is 1. The van der Waals surface area contributed by atoms with Crippen LogP contribution in [-0.4, -0.2) is 76.6 Å². The highest BCUT2D eigenvalue weighted by Gasteiger charge is 2.27. The molecule has 2 aliphatic rings. The van der Waals surface area contributed by atoms with Gasteiger partial charge in [-0.3, -0.25) is 4.79 Å². The predicted molar refractivity (Wildman–Crippen MR) is 158 cm³/mol. The molecule has 41 heavy (non-hydrogen) atoms. The number of piperidine rings is 1. The first-order valence-electron chi connectivity index (χ1n) is 13.9. The summed E-state index contributed by atoms with van der Waals surface area (Å²) >= 11 is 0. The summed E-state index contributed by atoms with van der Waals surface area (Å²) in [5.41, 5.74) is 2.96. The molecule has 0 bridgehead atoms. The fourth-order valence-corrected chi connectivity index (χ4v) is 5.29. The lowest BCUT2D eigenvalue weighted by Crippen LogP contribution is -2.43. The summed E-state index contributed by atoms with van der Waals surface area (Å²) in [4.78, 5) is 26.8. The Morgan fingerprint density at radius 2 is 1.78 bits per heavy atom. The van der Waals surface area contributed by atoms with E-state index < -0.39 is 0 Å². The van der Waals surface area contributed by atoms with Crippen LogP contribution >= 0.6 is 0 Å². The van der Waals surface area contributed by atoms with Crippen LogP contribution in [0.15, 0.2) is 48.7 Å². The van der Waals surface area contributed by atoms with Gasteiger partial charge in [-0.25, -0.2) is 4.98 Å². The topological polar surface area (TPSA) is 110 Å². The summed E-state index contributed by atoms with van der Waals surface area (Å²) in [6.45, 7) is 5.19. The van der Waals surface area contributed by atoms with Crippen LogP contribution in [-0.2, 0) is 16.1 Å². The average Bonchev–Trinajstić information content (AvgIpc) is 3.03. The molecule has 1 atom stereocenters. The van der Waals surface area contributed by atoms with Crippen molar-refractivity contribution in [2.45, 2.75) is 19.4 Å². The molecule has 2 fully saturated rings. The zero-order valence-electron chi connectivity index (χ0n) is 23.9. The Balaban J connectivity index is 1.20. The standard InChI is InChI=1S/C30H38N6O5/c1-38-25-17-23(18-26(39-2)28(25)40-3)33-30-31-10-9-27(34-30)36-11-5-7-22(20-36)29(37)32-19-21-6-4-8-24(16-21)35-12-14-41-15-13-35/h4,6,8-10,16-18,22H,5,7,11-15,19-20H2,1-3H3,(H,32,37)(H,31,33,34)/t22-/m0/s1. The van der Waals surface area contributed by atoms with E-state index in [0.29, 0.717) is 42.0 Å². The van der Waals surface area contributed by atoms with Crippen LogP contribution < -0.4 is 34.6 Å². The van der Waals surface area contributed by atoms with Gasteiger partial charge in [0, 0.05) is 62.4 Å². The van der Waals surface area contributed by atoms with Gasteiger partial charge in [0.25, 0.3) is 0 Å². The summed E-state index contributed by atoms with van der Waals surface area (Å²) in [5, 5.41) is 6.39. The third kappa shape index (κ3) is 6.91. The van der Waals surface area contributed by atoms with Crippen molar-refractivity contribution < 1.29 is 23.7 Å². The molecule has 218 valence electrons. The number of anilines is 4. The first-order chi connectivity index (χ1) is 20.1. The number of nitrogens with one attached hydrogen (secondary N) is 2. The summed E-state index contributed by atoms with van der Waals surface area (Å²) in [6.07, 6.45) is 3.47. The van der Waals surface area contributed by atoms with Gasteiger partial charge >= 0.3 is 0 Å². The summed E-state index contributed by atoms with van der Waals surface area (Å²) in [7, 11) is 4.71. The van der Waals surface area contributed by atoms with Crippen molar-refractivity contribution in [3.63, 3.8) is 0 Å². The van der Waals surface area contributed by atoms with E-state index in [1.165, 1.54) is 5.69 Å². The Labute approximate surface area is 240 Å². The zero-order chi connectivity index (χ0) is 28.6. The molecule has 0 aliphatic carbocycles. The normalized spacial score (nSPS) is 17.1. The molecule has 1 amide bonds. The minimum Gasteiger partial charge on any atom is -0.493 e. The fraction of sp³-hybridized carbons (Fsp3) is 0.433. The van der Waals surface area contributed by atoms with Crippen molar-refractivity contribution in [2.24, 2.45) is 5.92 Å². The van der Waals surface area contributed by atoms with Gasteiger partial charge in [0.15, 0.2) is 11.5 Å². The molecule has 11 heteroatoms. The largest absolute Gasteiger partial charge is 0.493 e. The minimum atomic E-state index is -0.118. The van der Waals surface area contributed by atoms with Crippen molar-refractivity contribution in [1.82, 2.24) is 15.3 Å². The van der Waals surface area contributed by atoms with Crippen molar-refractivity contribution in [3.8, 4) is 17.2 Å². The lowest BCUT2D eigenvalue weighted by Gasteiger charge is -2.33. The molecule has 0 saturated carbocycles. The number of aromatic nitrogens is 2. The highest BCUT2D eigenvalue weighted by Crippen LogP contribution is 2.40. The SMILES string of the molecule is COc1cc(Nc2nccc(N3CCC[C@H](C(=O)NCc4cccc(N5CCOCC5)c4)C3)n2)cc(OC)c1OC. The van der Waals surface area contributed by atoms with Crippen LogP contribution in [0.25, 0.3) is 0 Å². The number of hydrogen-bond acceptors (Lipinski definition) is 10. The van der Waals surface area contributed by atoms with Gasteiger partial charge < -0.3 is 39.4 Å². The maximum atomic E-state index is 13.2. The van der Waals surface area contributed by atoms with Crippen molar-refractivity contribution in [1.29, 1.82) is 0 Å². The number of rotatable bonds is 10. The van der Waals surface area contributed by atoms with Gasteiger partial charge in [-0.15, -0.1) is 0 Å². The fourth-order valence-electron chi connectivity index (χ4n) is 5.29. The van der Waals surface area contributed by atoms with E-state index in [1.54, 1.807) is 39.7 Å². The van der Waals surface area contributed by atoms with E-state index in [1.807, 2.05) is 12.1 Å². The van der Waals surface area contributed by atoms with Crippen LogP contribution in [0.2, 0.25) is 0 Å². The van der Waals surface area contributed by atoms with Gasteiger partial charge in [-0.1, -0.05) is 12.1 Å². The van der Waals surface area contributed by atoms with E-state index >= 15 is 0 Å². The van der Waals surface area contributed by atoms with Gasteiger partial charge in [0.1, 0.15) is 5.82 Å². The van der Waals surface area contributed by atoms with E-state index in [-0.39, 0.29) is 11.8 Å². The highest BCUT2D eigenvalue weighted by atomic mass is 16.5. The Morgan fingerprint density at radius 1 is 1.00 bits per heavy atom. The summed E-state index contributed by atoms with van der Waals surface area (Å²) < 4.78 is 21.8. The van der Waals surface area contributed by atoms with Crippen LogP contribution in [0, 0.1) is 5.92 Å². The van der Waals surface area contributed by atoms with Crippen molar-refractivity contribution >= 4 is 29.0 Å². The van der Waals surface area contributed by atoms with Gasteiger partial charge in [0.05, 0.1) is 40.5 Å². The van der Waals surface area contributed by atoms with Crippen LogP contribution in [0.4, 0.5) is 23.1 Å². The Hall–Kier alpha value is -4.25. The molecule has 1 aromatic heterocycles. The number of amides is 1. The second kappa shape index (κ2) is 13.4. The lowest BCUT2D eigenvalue weighted by molar-refractivity contribution is -0.125. The van der Waals surface area contributed by atoms with Crippen LogP contribution in [0.1, 0.15) is 18.4 Å². The molecular formula is C30H38N6O5. The summed E-state index contributed by atoms with van der Waals surface area (Å²) in [5.74, 6) is 2.72. The number of methoxy groups -OCH3 is 3. The van der Waals surface area contributed by atoms with Crippen LogP contribution in [0.5, 0.6) is 17.2 Å². The molecule has 3 heterocycles. The first kappa shape index (κ1) is 28.3. The summed E-state index contributed by atoms with van der Waals surface area (Å²) in [6, 6.07) is 13.8. The van der Waals surface area contributed by atoms with Crippen molar-refractivity contribution in [2.75, 3.05) is 75.8 Å². The number of ether oxygens (including phenoxy) is 4. The average molecular weight is 563 g/mol. The van der Waals surface area contributed by atoms with Gasteiger partial charge in [-0.05, 0) is 36.6 Å². The molecule has 0 radical (unpaired) electrons. The first-order valence-corrected chi connectivity index (χ1v) is 13.9. The van der Waals surface area contributed by atoms with E-state index in [2.05, 4.69) is 43.6 Å². The van der Waals surface area contributed by atoms with E-state index in [9.17, 15) is 4.79 Å². The van der Waals surface area contributed by atoms with Gasteiger partial charge in [0.2, 0.25) is 17.6 Å². The molecule has 0 unspecified atom stereocenters. The number of carbonyl (C=O) groups excluding carboxylic acids is 1. The second-order valence-electron chi connectivity index (χ2n) is 10.0. The second-order valence-corrected chi connectivity index (χ2v) is 10.0. The van der Waals surface area contributed by atoms with Gasteiger partial charge in [-0.2, -0.15) is 4.98 Å². The predicted octanol–water partition coefficient (Wildman–Crippen LogP) is 3.62. The quantitative estimate of drug-likeness (QED) is 0.380. The highest BCUT2D eigenvalue weighted by molar-refractivity contribution is 5.79. The zero-order valence-corrected chi connectivity index (χ0v) is 23.9. The monoisotopic (exact) mass is 562 g/mol. The molecular weight excluding hydrogens is 524 g/mol. The Kier molecular flexibility index (Phi) is 9.25. The molecule has 11 nitrogen and oxygen atoms in total. The third-order valence-corrected chi connectivity index (χ3v) is 7.43. The maximum Gasteiger partial charge on any atom is 0.229 e. The number of nitrogens with zero attached hydrogens (tertiary/aromatic N) is 4. The van der Waals surface area contributed by atoms with E-state index in [4.69, 9.17) is 23.9 Å². The minimum absolute atomic E-state index is 0.0660. The number of hydrogen-bond donors (Lipinski definition) is 2. The van der Waals surface area contributed by atoms with Crippen LogP contribution in [0.3, 0.4) is 0 Å². The molecule has 2 N–H and O–H groups in total. The lowest BCUT2D eigenvalue weighted by atomic mass is 9.97. The molecule has 2 saturated heterocycles. The molecule has 2 aliphatic heterocycles. The molecule has 2 aromatic carbocycles. The number of carbonyl (C=O) groups is 1. The Bertz CT molecular complexity index is 1310.